The molecule has 0 bridgehead atoms. The lowest BCUT2D eigenvalue weighted by Crippen LogP contribution is -2.20. The van der Waals surface area contributed by atoms with Gasteiger partial charge >= 0.3 is 0 Å². The Morgan fingerprint density at radius 3 is 2.91 bits per heavy atom. The van der Waals surface area contributed by atoms with Crippen LogP contribution in [0.5, 0.6) is 0 Å². The Balaban J connectivity index is 1.44. The van der Waals surface area contributed by atoms with E-state index in [-0.39, 0.29) is 24.4 Å². The van der Waals surface area contributed by atoms with Crippen LogP contribution in [-0.2, 0) is 14.3 Å². The summed E-state index contributed by atoms with van der Waals surface area (Å²) < 4.78 is 24.9. The van der Waals surface area contributed by atoms with Gasteiger partial charge in [-0.3, -0.25) is 4.79 Å². The van der Waals surface area contributed by atoms with Gasteiger partial charge in [-0.05, 0) is 49.8 Å². The van der Waals surface area contributed by atoms with Gasteiger partial charge in [0.1, 0.15) is 12.4 Å². The van der Waals surface area contributed by atoms with Crippen molar-refractivity contribution in [3.63, 3.8) is 0 Å². The molecule has 2 fully saturated rings. The minimum atomic E-state index is -0.389. The third-order valence-electron chi connectivity index (χ3n) is 4.08. The minimum Gasteiger partial charge on any atom is -0.380 e. The molecule has 0 aromatic heterocycles. The van der Waals surface area contributed by atoms with Crippen LogP contribution < -0.4 is 10.6 Å². The summed E-state index contributed by atoms with van der Waals surface area (Å²) in [5.74, 6) is -0.0285. The summed E-state index contributed by atoms with van der Waals surface area (Å²) in [6.07, 6.45) is 4.59. The van der Waals surface area contributed by atoms with Crippen molar-refractivity contribution in [1.82, 2.24) is 0 Å². The maximum Gasteiger partial charge on any atom is 0.250 e. The first-order valence-electron chi connectivity index (χ1n) is 8.23. The zero-order valence-corrected chi connectivity index (χ0v) is 13.1. The lowest BCUT2D eigenvalue weighted by atomic mass is 10.2. The second-order valence-electron chi connectivity index (χ2n) is 6.22. The van der Waals surface area contributed by atoms with Crippen molar-refractivity contribution in [3.8, 4) is 0 Å². The largest absolute Gasteiger partial charge is 0.380 e. The molecule has 2 N–H and O–H groups in total. The second-order valence-corrected chi connectivity index (χ2v) is 6.22. The molecule has 23 heavy (non-hydrogen) atoms. The van der Waals surface area contributed by atoms with Crippen molar-refractivity contribution in [2.45, 2.75) is 31.8 Å². The molecule has 3 rings (SSSR count). The first-order valence-corrected chi connectivity index (χ1v) is 8.23. The van der Waals surface area contributed by atoms with Crippen molar-refractivity contribution < 1.29 is 18.7 Å². The zero-order chi connectivity index (χ0) is 16.1. The summed E-state index contributed by atoms with van der Waals surface area (Å²) in [5, 5.41) is 5.70. The van der Waals surface area contributed by atoms with E-state index < -0.39 is 0 Å². The molecule has 1 aliphatic heterocycles. The van der Waals surface area contributed by atoms with Crippen LogP contribution >= 0.6 is 0 Å². The Morgan fingerprint density at radius 2 is 2.22 bits per heavy atom. The maximum atomic E-state index is 14.1. The van der Waals surface area contributed by atoms with E-state index in [2.05, 4.69) is 10.6 Å². The minimum absolute atomic E-state index is 0.0111. The molecule has 1 heterocycles. The summed E-state index contributed by atoms with van der Waals surface area (Å²) in [5.41, 5.74) is 0.855. The number of benzene rings is 1. The molecular formula is C17H23FN2O3. The van der Waals surface area contributed by atoms with Crippen LogP contribution in [0.1, 0.15) is 25.7 Å². The number of ether oxygens (including phenoxy) is 2. The highest BCUT2D eigenvalue weighted by atomic mass is 19.1. The molecule has 1 aliphatic carbocycles. The molecule has 1 saturated carbocycles. The molecule has 6 heteroatoms. The van der Waals surface area contributed by atoms with Gasteiger partial charge in [-0.2, -0.15) is 0 Å². The molecule has 1 unspecified atom stereocenters. The highest BCUT2D eigenvalue weighted by molar-refractivity contribution is 5.91. The van der Waals surface area contributed by atoms with Crippen LogP contribution in [0.3, 0.4) is 0 Å². The Hall–Kier alpha value is -1.66. The molecule has 1 aromatic carbocycles. The maximum absolute atomic E-state index is 14.1. The summed E-state index contributed by atoms with van der Waals surface area (Å²) in [6.45, 7) is 2.02. The van der Waals surface area contributed by atoms with E-state index in [9.17, 15) is 9.18 Å². The third-order valence-corrected chi connectivity index (χ3v) is 4.08. The molecule has 2 aliphatic rings. The molecule has 126 valence electrons. The summed E-state index contributed by atoms with van der Waals surface area (Å²) in [4.78, 5) is 11.7. The van der Waals surface area contributed by atoms with E-state index in [1.165, 1.54) is 18.9 Å². The fourth-order valence-corrected chi connectivity index (χ4v) is 2.57. The van der Waals surface area contributed by atoms with Gasteiger partial charge in [0.2, 0.25) is 5.91 Å². The normalized spacial score (nSPS) is 20.5. The van der Waals surface area contributed by atoms with Crippen LogP contribution in [-0.4, -0.2) is 38.4 Å². The Labute approximate surface area is 135 Å². The fraction of sp³-hybridized carbons (Fsp3) is 0.588. The van der Waals surface area contributed by atoms with Gasteiger partial charge in [-0.15, -0.1) is 0 Å². The van der Waals surface area contributed by atoms with Gasteiger partial charge in [0.05, 0.1) is 18.4 Å². The fourth-order valence-electron chi connectivity index (χ4n) is 2.57. The molecule has 0 spiro atoms. The number of hydrogen-bond donors (Lipinski definition) is 2. The van der Waals surface area contributed by atoms with Crippen LogP contribution in [0.2, 0.25) is 0 Å². The first-order chi connectivity index (χ1) is 11.2. The zero-order valence-electron chi connectivity index (χ0n) is 13.1. The standard InChI is InChI=1S/C17H23FN2O3/c18-15-8-13(20-17(21)11-22-10-12-3-4-12)5-6-16(15)19-9-14-2-1-7-23-14/h5-6,8,12,14,19H,1-4,7,9-11H2,(H,20,21). The molecule has 1 amide bonds. The number of hydrogen-bond acceptors (Lipinski definition) is 4. The number of carbonyl (C=O) groups excluding carboxylic acids is 1. The van der Waals surface area contributed by atoms with Crippen LogP contribution in [0.15, 0.2) is 18.2 Å². The molecule has 1 atom stereocenters. The average molecular weight is 322 g/mol. The van der Waals surface area contributed by atoms with E-state index in [1.54, 1.807) is 12.1 Å². The van der Waals surface area contributed by atoms with E-state index in [4.69, 9.17) is 9.47 Å². The second kappa shape index (κ2) is 7.75. The SMILES string of the molecule is O=C(COCC1CC1)Nc1ccc(NCC2CCCO2)c(F)c1. The highest BCUT2D eigenvalue weighted by Gasteiger charge is 2.21. The molecule has 5 nitrogen and oxygen atoms in total. The van der Waals surface area contributed by atoms with Crippen molar-refractivity contribution in [1.29, 1.82) is 0 Å². The molecular weight excluding hydrogens is 299 g/mol. The van der Waals surface area contributed by atoms with Crippen molar-refractivity contribution in [2.75, 3.05) is 37.0 Å². The van der Waals surface area contributed by atoms with E-state index >= 15 is 0 Å². The topological polar surface area (TPSA) is 59.6 Å². The van der Waals surface area contributed by atoms with E-state index in [1.807, 2.05) is 0 Å². The summed E-state index contributed by atoms with van der Waals surface area (Å²) in [7, 11) is 0. The highest BCUT2D eigenvalue weighted by Crippen LogP contribution is 2.28. The Kier molecular flexibility index (Phi) is 5.46. The first kappa shape index (κ1) is 16.2. The van der Waals surface area contributed by atoms with Gasteiger partial charge < -0.3 is 20.1 Å². The Bertz CT molecular complexity index is 543. The van der Waals surface area contributed by atoms with Gasteiger partial charge in [-0.25, -0.2) is 4.39 Å². The average Bonchev–Trinajstić information content (AvgIpc) is 3.20. The van der Waals surface area contributed by atoms with Gasteiger partial charge in [0.15, 0.2) is 0 Å². The van der Waals surface area contributed by atoms with Crippen LogP contribution in [0, 0.1) is 11.7 Å². The van der Waals surface area contributed by atoms with E-state index in [0.29, 0.717) is 30.4 Å². The summed E-state index contributed by atoms with van der Waals surface area (Å²) >= 11 is 0. The molecule has 0 radical (unpaired) electrons. The predicted octanol–water partition coefficient (Wildman–Crippen LogP) is 2.78. The quantitative estimate of drug-likeness (QED) is 0.773. The summed E-state index contributed by atoms with van der Waals surface area (Å²) in [6, 6.07) is 4.63. The van der Waals surface area contributed by atoms with Gasteiger partial charge in [0.25, 0.3) is 0 Å². The monoisotopic (exact) mass is 322 g/mol. The number of carbonyl (C=O) groups is 1. The lowest BCUT2D eigenvalue weighted by molar-refractivity contribution is -0.120. The number of amides is 1. The number of halogens is 1. The number of rotatable bonds is 8. The van der Waals surface area contributed by atoms with Crippen molar-refractivity contribution >= 4 is 17.3 Å². The number of anilines is 2. The van der Waals surface area contributed by atoms with Gasteiger partial charge in [-0.1, -0.05) is 0 Å². The Morgan fingerprint density at radius 1 is 1.35 bits per heavy atom. The molecule has 1 saturated heterocycles. The van der Waals surface area contributed by atoms with Crippen LogP contribution in [0.4, 0.5) is 15.8 Å². The lowest BCUT2D eigenvalue weighted by Gasteiger charge is -2.13. The smallest absolute Gasteiger partial charge is 0.250 e. The van der Waals surface area contributed by atoms with Crippen molar-refractivity contribution in [2.24, 2.45) is 5.92 Å². The third kappa shape index (κ3) is 5.18. The van der Waals surface area contributed by atoms with E-state index in [0.717, 1.165) is 19.4 Å². The van der Waals surface area contributed by atoms with Gasteiger partial charge in [0, 0.05) is 18.8 Å². The van der Waals surface area contributed by atoms with Crippen molar-refractivity contribution in [3.05, 3.63) is 24.0 Å². The number of nitrogens with one attached hydrogen (secondary N) is 2. The molecule has 1 aromatic rings. The van der Waals surface area contributed by atoms with Crippen LogP contribution in [0.25, 0.3) is 0 Å². The predicted molar refractivity (Wildman–Crippen MR) is 86.0 cm³/mol.